The summed E-state index contributed by atoms with van der Waals surface area (Å²) < 4.78 is 10.7. The van der Waals surface area contributed by atoms with Gasteiger partial charge < -0.3 is 19.7 Å². The van der Waals surface area contributed by atoms with E-state index in [0.717, 1.165) is 42.7 Å². The predicted molar refractivity (Wildman–Crippen MR) is 98.9 cm³/mol. The van der Waals surface area contributed by atoms with Gasteiger partial charge in [0.15, 0.2) is 17.5 Å². The van der Waals surface area contributed by atoms with E-state index in [2.05, 4.69) is 31.0 Å². The Morgan fingerprint density at radius 1 is 1.17 bits per heavy atom. The molecule has 0 spiro atoms. The highest BCUT2D eigenvalue weighted by atomic mass is 16.5. The lowest BCUT2D eigenvalue weighted by Gasteiger charge is -2.37. The van der Waals surface area contributed by atoms with E-state index in [1.807, 2.05) is 18.2 Å². The van der Waals surface area contributed by atoms with Crippen molar-refractivity contribution in [3.8, 4) is 11.5 Å². The van der Waals surface area contributed by atoms with E-state index < -0.39 is 0 Å². The molecule has 0 bridgehead atoms. The van der Waals surface area contributed by atoms with E-state index in [1.54, 1.807) is 14.2 Å². The van der Waals surface area contributed by atoms with Crippen LogP contribution >= 0.6 is 0 Å². The number of guanidine groups is 1. The minimum atomic E-state index is 0.627. The fourth-order valence-corrected chi connectivity index (χ4v) is 3.41. The van der Waals surface area contributed by atoms with Crippen LogP contribution in [0.4, 0.5) is 0 Å². The van der Waals surface area contributed by atoms with E-state index in [-0.39, 0.29) is 0 Å². The first-order valence-electron chi connectivity index (χ1n) is 8.81. The second kappa shape index (κ2) is 8.81. The molecule has 0 amide bonds. The van der Waals surface area contributed by atoms with Crippen LogP contribution in [0.15, 0.2) is 23.2 Å². The molecule has 0 radical (unpaired) electrons. The van der Waals surface area contributed by atoms with Crippen LogP contribution in [-0.2, 0) is 6.54 Å². The Morgan fingerprint density at radius 2 is 1.83 bits per heavy atom. The molecule has 24 heavy (non-hydrogen) atoms. The molecule has 0 aliphatic carbocycles. The maximum atomic E-state index is 5.38. The van der Waals surface area contributed by atoms with Crippen molar-refractivity contribution >= 4 is 5.96 Å². The summed E-state index contributed by atoms with van der Waals surface area (Å²) in [4.78, 5) is 7.23. The minimum absolute atomic E-state index is 0.627. The molecule has 1 aromatic carbocycles. The number of piperidine rings is 1. The summed E-state index contributed by atoms with van der Waals surface area (Å²) in [5.41, 5.74) is 1.11. The molecule has 2 unspecified atom stereocenters. The van der Waals surface area contributed by atoms with Crippen molar-refractivity contribution in [1.82, 2.24) is 10.2 Å². The average Bonchev–Trinajstić information content (AvgIpc) is 2.57. The molecule has 1 fully saturated rings. The predicted octanol–water partition coefficient (Wildman–Crippen LogP) is 3.15. The number of hydrogen-bond donors (Lipinski definition) is 1. The molecule has 1 aromatic rings. The zero-order valence-corrected chi connectivity index (χ0v) is 15.6. The maximum Gasteiger partial charge on any atom is 0.194 e. The molecule has 0 saturated carbocycles. The lowest BCUT2D eigenvalue weighted by Crippen LogP contribution is -2.48. The molecule has 0 aromatic heterocycles. The van der Waals surface area contributed by atoms with Crippen molar-refractivity contribution in [2.75, 3.05) is 33.9 Å². The van der Waals surface area contributed by atoms with E-state index in [9.17, 15) is 0 Å². The first-order chi connectivity index (χ1) is 11.6. The summed E-state index contributed by atoms with van der Waals surface area (Å²) in [5.74, 6) is 3.91. The lowest BCUT2D eigenvalue weighted by molar-refractivity contribution is 0.208. The molecule has 2 rings (SSSR count). The highest BCUT2D eigenvalue weighted by Gasteiger charge is 2.23. The average molecular weight is 333 g/mol. The number of nitrogens with one attached hydrogen (secondary N) is 1. The van der Waals surface area contributed by atoms with Crippen LogP contribution in [0, 0.1) is 11.8 Å². The van der Waals surface area contributed by atoms with Crippen molar-refractivity contribution < 1.29 is 9.47 Å². The van der Waals surface area contributed by atoms with Gasteiger partial charge in [-0.05, 0) is 42.9 Å². The third-order valence-corrected chi connectivity index (χ3v) is 4.36. The van der Waals surface area contributed by atoms with Crippen molar-refractivity contribution in [3.05, 3.63) is 23.8 Å². The van der Waals surface area contributed by atoms with Crippen LogP contribution in [0.2, 0.25) is 0 Å². The molecule has 1 heterocycles. The summed E-state index contributed by atoms with van der Waals surface area (Å²) in [6.07, 6.45) is 1.30. The van der Waals surface area contributed by atoms with Crippen molar-refractivity contribution in [1.29, 1.82) is 0 Å². The monoisotopic (exact) mass is 333 g/mol. The van der Waals surface area contributed by atoms with Gasteiger partial charge in [0.2, 0.25) is 0 Å². The molecule has 5 heteroatoms. The van der Waals surface area contributed by atoms with E-state index >= 15 is 0 Å². The smallest absolute Gasteiger partial charge is 0.194 e. The van der Waals surface area contributed by atoms with Crippen LogP contribution in [0.1, 0.15) is 32.8 Å². The quantitative estimate of drug-likeness (QED) is 0.664. The number of methoxy groups -OCH3 is 2. The van der Waals surface area contributed by atoms with Gasteiger partial charge in [0.25, 0.3) is 0 Å². The molecule has 1 N–H and O–H groups in total. The highest BCUT2D eigenvalue weighted by Crippen LogP contribution is 2.28. The maximum absolute atomic E-state index is 5.38. The van der Waals surface area contributed by atoms with Crippen molar-refractivity contribution in [3.63, 3.8) is 0 Å². The highest BCUT2D eigenvalue weighted by molar-refractivity contribution is 5.80. The number of hydrogen-bond acceptors (Lipinski definition) is 3. The van der Waals surface area contributed by atoms with Gasteiger partial charge in [0, 0.05) is 19.6 Å². The van der Waals surface area contributed by atoms with Gasteiger partial charge in [0.05, 0.1) is 20.8 Å². The van der Waals surface area contributed by atoms with E-state index in [1.165, 1.54) is 6.42 Å². The Bertz CT molecular complexity index is 550. The zero-order valence-electron chi connectivity index (χ0n) is 15.6. The second-order valence-electron chi connectivity index (χ2n) is 6.71. The summed E-state index contributed by atoms with van der Waals surface area (Å²) in [5, 5.41) is 3.43. The second-order valence-corrected chi connectivity index (χ2v) is 6.71. The fourth-order valence-electron chi connectivity index (χ4n) is 3.41. The van der Waals surface area contributed by atoms with Crippen molar-refractivity contribution in [2.24, 2.45) is 16.8 Å². The van der Waals surface area contributed by atoms with E-state index in [4.69, 9.17) is 14.5 Å². The largest absolute Gasteiger partial charge is 0.493 e. The van der Waals surface area contributed by atoms with Crippen molar-refractivity contribution in [2.45, 2.75) is 33.7 Å². The third-order valence-electron chi connectivity index (χ3n) is 4.36. The lowest BCUT2D eigenvalue weighted by atomic mass is 9.92. The van der Waals surface area contributed by atoms with Gasteiger partial charge in [-0.3, -0.25) is 0 Å². The summed E-state index contributed by atoms with van der Waals surface area (Å²) in [7, 11) is 3.31. The molecular formula is C19H31N3O2. The zero-order chi connectivity index (χ0) is 17.5. The molecule has 5 nitrogen and oxygen atoms in total. The molecule has 1 aliphatic heterocycles. The number of nitrogens with zero attached hydrogens (tertiary/aromatic N) is 2. The van der Waals surface area contributed by atoms with Crippen LogP contribution in [0.5, 0.6) is 11.5 Å². The summed E-state index contributed by atoms with van der Waals surface area (Å²) in [6.45, 7) is 10.4. The Labute approximate surface area is 146 Å². The first kappa shape index (κ1) is 18.4. The van der Waals surface area contributed by atoms with Crippen LogP contribution < -0.4 is 14.8 Å². The van der Waals surface area contributed by atoms with Crippen LogP contribution in [-0.4, -0.2) is 44.7 Å². The Morgan fingerprint density at radius 3 is 2.42 bits per heavy atom. The standard InChI is InChI=1S/C19H31N3O2/c1-6-20-19(22-12-14(2)9-15(3)13-22)21-11-16-7-8-17(23-4)18(10-16)24-5/h7-8,10,14-15H,6,9,11-13H2,1-5H3,(H,20,21). The molecule has 134 valence electrons. The Kier molecular flexibility index (Phi) is 6.76. The van der Waals surface area contributed by atoms with Crippen LogP contribution in [0.3, 0.4) is 0 Å². The minimum Gasteiger partial charge on any atom is -0.493 e. The number of aliphatic imine (C=N–C) groups is 1. The van der Waals surface area contributed by atoms with Gasteiger partial charge in [-0.25, -0.2) is 4.99 Å². The van der Waals surface area contributed by atoms with Crippen LogP contribution in [0.25, 0.3) is 0 Å². The third kappa shape index (κ3) is 4.79. The normalized spacial score (nSPS) is 21.5. The molecule has 2 atom stereocenters. The Hall–Kier alpha value is -1.91. The molecule has 1 aliphatic rings. The molecule has 1 saturated heterocycles. The summed E-state index contributed by atoms with van der Waals surface area (Å²) in [6, 6.07) is 5.96. The van der Waals surface area contributed by atoms with E-state index in [0.29, 0.717) is 18.4 Å². The fraction of sp³-hybridized carbons (Fsp3) is 0.632. The number of benzene rings is 1. The summed E-state index contributed by atoms with van der Waals surface area (Å²) >= 11 is 0. The van der Waals surface area contributed by atoms with Gasteiger partial charge >= 0.3 is 0 Å². The topological polar surface area (TPSA) is 46.1 Å². The van der Waals surface area contributed by atoms with Gasteiger partial charge in [-0.1, -0.05) is 19.9 Å². The van der Waals surface area contributed by atoms with Gasteiger partial charge in [-0.15, -0.1) is 0 Å². The number of ether oxygens (including phenoxy) is 2. The first-order valence-corrected chi connectivity index (χ1v) is 8.81. The number of likely N-dealkylation sites (tertiary alicyclic amines) is 1. The number of rotatable bonds is 5. The van der Waals surface area contributed by atoms with Gasteiger partial charge in [-0.2, -0.15) is 0 Å². The SMILES string of the molecule is CCNC(=NCc1ccc(OC)c(OC)c1)N1CC(C)CC(C)C1. The van der Waals surface area contributed by atoms with Gasteiger partial charge in [0.1, 0.15) is 0 Å². The molecular weight excluding hydrogens is 302 g/mol. The Balaban J connectivity index is 2.13.